The number of carbonyl (C=O) groups excluding carboxylic acids is 2. The fourth-order valence-electron chi connectivity index (χ4n) is 4.77. The Hall–Kier alpha value is -4.06. The summed E-state index contributed by atoms with van der Waals surface area (Å²) in [5.41, 5.74) is 3.03. The number of fused-ring (bicyclic) bond motifs is 1. The summed E-state index contributed by atoms with van der Waals surface area (Å²) in [5.74, 6) is -0.837. The Morgan fingerprint density at radius 2 is 1.82 bits per heavy atom. The fourth-order valence-corrected chi connectivity index (χ4v) is 4.77. The maximum Gasteiger partial charge on any atom is 0.295 e. The van der Waals surface area contributed by atoms with Crippen LogP contribution < -0.4 is 4.74 Å². The second-order valence-corrected chi connectivity index (χ2v) is 8.78. The van der Waals surface area contributed by atoms with Gasteiger partial charge in [-0.2, -0.15) is 0 Å². The summed E-state index contributed by atoms with van der Waals surface area (Å²) < 4.78 is 5.75. The third kappa shape index (κ3) is 3.92. The largest absolute Gasteiger partial charge is 0.508 e. The van der Waals surface area contributed by atoms with Gasteiger partial charge in [0.25, 0.3) is 11.7 Å². The minimum atomic E-state index is -0.806. The Labute approximate surface area is 197 Å². The zero-order valence-electron chi connectivity index (χ0n) is 18.8. The molecule has 3 aromatic carbocycles. The van der Waals surface area contributed by atoms with Crippen molar-refractivity contribution in [2.45, 2.75) is 31.9 Å². The molecule has 2 N–H and O–H groups in total. The first-order valence-corrected chi connectivity index (χ1v) is 11.3. The lowest BCUT2D eigenvalue weighted by Gasteiger charge is -2.25. The van der Waals surface area contributed by atoms with Crippen LogP contribution in [0.2, 0.25) is 0 Å². The van der Waals surface area contributed by atoms with Gasteiger partial charge < -0.3 is 19.8 Å². The predicted octanol–water partition coefficient (Wildman–Crippen LogP) is 4.38. The molecule has 0 saturated carbocycles. The van der Waals surface area contributed by atoms with Crippen LogP contribution in [-0.2, 0) is 22.4 Å². The molecule has 1 amide bonds. The van der Waals surface area contributed by atoms with Crippen LogP contribution in [0.1, 0.15) is 35.2 Å². The zero-order chi connectivity index (χ0) is 23.8. The number of Topliss-reactive ketones (excluding diaryl/α,β-unsaturated/α-hetero) is 1. The Morgan fingerprint density at radius 3 is 2.59 bits per heavy atom. The summed E-state index contributed by atoms with van der Waals surface area (Å²) in [6.07, 6.45) is 1.30. The lowest BCUT2D eigenvalue weighted by Crippen LogP contribution is -2.31. The molecule has 0 bridgehead atoms. The van der Waals surface area contributed by atoms with E-state index in [9.17, 15) is 19.8 Å². The molecule has 2 aliphatic rings. The smallest absolute Gasteiger partial charge is 0.295 e. The summed E-state index contributed by atoms with van der Waals surface area (Å²) in [4.78, 5) is 27.8. The van der Waals surface area contributed by atoms with Crippen LogP contribution in [0, 0.1) is 0 Å². The van der Waals surface area contributed by atoms with Crippen molar-refractivity contribution < 1.29 is 24.5 Å². The lowest BCUT2D eigenvalue weighted by molar-refractivity contribution is -0.139. The molecular formula is C28H25NO5. The van der Waals surface area contributed by atoms with Gasteiger partial charge in [-0.15, -0.1) is 0 Å². The SMILES string of the molecule is CC1Cc2cc(C(O)=C3C(=O)C(=O)N(CCc4ccccc4)C3c3cccc(O)c3)ccc2O1. The Bertz CT molecular complexity index is 1300. The molecule has 2 unspecified atom stereocenters. The number of aromatic hydroxyl groups is 1. The van der Waals surface area contributed by atoms with Crippen LogP contribution in [0.15, 0.2) is 78.4 Å². The normalized spacial score (nSPS) is 20.9. The first-order chi connectivity index (χ1) is 16.4. The highest BCUT2D eigenvalue weighted by molar-refractivity contribution is 6.46. The summed E-state index contributed by atoms with van der Waals surface area (Å²) in [7, 11) is 0. The van der Waals surface area contributed by atoms with Gasteiger partial charge >= 0.3 is 0 Å². The molecule has 6 heteroatoms. The molecule has 5 rings (SSSR count). The standard InChI is InChI=1S/C28H25NO5/c1-17-14-21-15-20(10-11-23(21)34-17)26(31)24-25(19-8-5-9-22(30)16-19)29(28(33)27(24)32)13-12-18-6-3-2-4-7-18/h2-11,15-17,25,30-31H,12-14H2,1H3. The number of likely N-dealkylation sites (tertiary alicyclic amines) is 1. The number of rotatable bonds is 5. The van der Waals surface area contributed by atoms with E-state index in [1.807, 2.05) is 43.3 Å². The summed E-state index contributed by atoms with van der Waals surface area (Å²) in [6.45, 7) is 2.26. The number of aliphatic hydroxyl groups is 1. The van der Waals surface area contributed by atoms with Crippen molar-refractivity contribution in [2.75, 3.05) is 6.54 Å². The minimum absolute atomic E-state index is 0.0230. The number of aliphatic hydroxyl groups excluding tert-OH is 1. The van der Waals surface area contributed by atoms with Gasteiger partial charge in [0.2, 0.25) is 0 Å². The van der Waals surface area contributed by atoms with Gasteiger partial charge in [-0.25, -0.2) is 0 Å². The Kier molecular flexibility index (Phi) is 5.57. The average Bonchev–Trinajstić information content (AvgIpc) is 3.33. The second-order valence-electron chi connectivity index (χ2n) is 8.78. The molecule has 0 aromatic heterocycles. The van der Waals surface area contributed by atoms with Gasteiger partial charge in [-0.3, -0.25) is 9.59 Å². The number of hydrogen-bond donors (Lipinski definition) is 2. The first-order valence-electron chi connectivity index (χ1n) is 11.3. The van der Waals surface area contributed by atoms with E-state index < -0.39 is 17.7 Å². The maximum absolute atomic E-state index is 13.2. The van der Waals surface area contributed by atoms with Crippen molar-refractivity contribution in [3.05, 3.63) is 101 Å². The highest BCUT2D eigenvalue weighted by Gasteiger charge is 2.46. The number of phenols is 1. The number of ketones is 1. The summed E-state index contributed by atoms with van der Waals surface area (Å²) >= 11 is 0. The van der Waals surface area contributed by atoms with E-state index >= 15 is 0 Å². The number of ether oxygens (including phenoxy) is 1. The summed E-state index contributed by atoms with van der Waals surface area (Å²) in [6, 6.07) is 20.7. The van der Waals surface area contributed by atoms with E-state index in [0.29, 0.717) is 30.5 Å². The zero-order valence-corrected chi connectivity index (χ0v) is 18.8. The van der Waals surface area contributed by atoms with Crippen LogP contribution in [0.25, 0.3) is 5.76 Å². The molecule has 0 radical (unpaired) electrons. The van der Waals surface area contributed by atoms with Crippen LogP contribution in [0.3, 0.4) is 0 Å². The average molecular weight is 456 g/mol. The van der Waals surface area contributed by atoms with Gasteiger partial charge in [-0.05, 0) is 60.4 Å². The molecule has 0 aliphatic carbocycles. The van der Waals surface area contributed by atoms with Gasteiger partial charge in [0, 0.05) is 18.5 Å². The van der Waals surface area contributed by atoms with E-state index in [0.717, 1.165) is 16.9 Å². The van der Waals surface area contributed by atoms with Crippen molar-refractivity contribution in [3.63, 3.8) is 0 Å². The molecule has 1 fully saturated rings. The van der Waals surface area contributed by atoms with Gasteiger partial charge in [0.05, 0.1) is 11.6 Å². The number of phenolic OH excluding ortho intramolecular Hbond substituents is 1. The Morgan fingerprint density at radius 1 is 1.03 bits per heavy atom. The number of benzene rings is 3. The number of hydrogen-bond acceptors (Lipinski definition) is 5. The molecule has 2 atom stereocenters. The molecule has 2 aliphatic heterocycles. The van der Waals surface area contributed by atoms with Gasteiger partial charge in [0.1, 0.15) is 23.4 Å². The van der Waals surface area contributed by atoms with Crippen LogP contribution in [-0.4, -0.2) is 39.5 Å². The summed E-state index contributed by atoms with van der Waals surface area (Å²) in [5, 5.41) is 21.4. The highest BCUT2D eigenvalue weighted by Crippen LogP contribution is 2.41. The fraction of sp³-hybridized carbons (Fsp3) is 0.214. The van der Waals surface area contributed by atoms with Crippen molar-refractivity contribution in [1.29, 1.82) is 0 Å². The van der Waals surface area contributed by atoms with E-state index in [2.05, 4.69) is 0 Å². The topological polar surface area (TPSA) is 87.1 Å². The number of carbonyl (C=O) groups is 2. The van der Waals surface area contributed by atoms with E-state index in [1.165, 1.54) is 17.0 Å². The van der Waals surface area contributed by atoms with Crippen LogP contribution in [0.5, 0.6) is 11.5 Å². The second kappa shape index (κ2) is 8.71. The molecule has 34 heavy (non-hydrogen) atoms. The van der Waals surface area contributed by atoms with Crippen molar-refractivity contribution >= 4 is 17.4 Å². The third-order valence-electron chi connectivity index (χ3n) is 6.38. The first kappa shape index (κ1) is 21.8. The molecule has 6 nitrogen and oxygen atoms in total. The van der Waals surface area contributed by atoms with E-state index in [1.54, 1.807) is 24.3 Å². The minimum Gasteiger partial charge on any atom is -0.508 e. The quantitative estimate of drug-likeness (QED) is 0.339. The van der Waals surface area contributed by atoms with Gasteiger partial charge in [-0.1, -0.05) is 42.5 Å². The molecule has 1 saturated heterocycles. The maximum atomic E-state index is 13.2. The van der Waals surface area contributed by atoms with Crippen molar-refractivity contribution in [3.8, 4) is 11.5 Å². The molecule has 172 valence electrons. The molecule has 0 spiro atoms. The predicted molar refractivity (Wildman–Crippen MR) is 127 cm³/mol. The third-order valence-corrected chi connectivity index (χ3v) is 6.38. The van der Waals surface area contributed by atoms with E-state index in [-0.39, 0.29) is 23.2 Å². The van der Waals surface area contributed by atoms with Crippen LogP contribution >= 0.6 is 0 Å². The Balaban J connectivity index is 1.58. The lowest BCUT2D eigenvalue weighted by atomic mass is 9.94. The van der Waals surface area contributed by atoms with Crippen molar-refractivity contribution in [2.24, 2.45) is 0 Å². The van der Waals surface area contributed by atoms with Gasteiger partial charge in [0.15, 0.2) is 0 Å². The monoisotopic (exact) mass is 455 g/mol. The van der Waals surface area contributed by atoms with Crippen molar-refractivity contribution in [1.82, 2.24) is 4.90 Å². The molecule has 2 heterocycles. The number of amides is 1. The highest BCUT2D eigenvalue weighted by atomic mass is 16.5. The molecule has 3 aromatic rings. The number of nitrogens with zero attached hydrogens (tertiary/aromatic N) is 1. The van der Waals surface area contributed by atoms with E-state index in [4.69, 9.17) is 4.74 Å². The van der Waals surface area contributed by atoms with Crippen LogP contribution in [0.4, 0.5) is 0 Å². The molecular weight excluding hydrogens is 430 g/mol.